The van der Waals surface area contributed by atoms with Crippen LogP contribution in [0.15, 0.2) is 0 Å². The number of nitrogens with two attached hydrogens (primary N) is 1. The molecule has 0 saturated carbocycles. The summed E-state index contributed by atoms with van der Waals surface area (Å²) < 4.78 is 0. The molecule has 10 heavy (non-hydrogen) atoms. The number of nitrogens with one attached hydrogen (secondary N) is 1. The minimum atomic E-state index is -0.315. The first kappa shape index (κ1) is 9.43. The third-order valence-electron chi connectivity index (χ3n) is 1.45. The van der Waals surface area contributed by atoms with Gasteiger partial charge < -0.3 is 11.1 Å². The number of carbonyl (C=O) groups excluding carboxylic acids is 1. The molecule has 0 rings (SSSR count). The van der Waals surface area contributed by atoms with Crippen molar-refractivity contribution in [2.45, 2.75) is 32.2 Å². The van der Waals surface area contributed by atoms with Crippen molar-refractivity contribution in [3.05, 3.63) is 0 Å². The molecule has 3 nitrogen and oxygen atoms in total. The first-order valence-electron chi connectivity index (χ1n) is 3.69. The summed E-state index contributed by atoms with van der Waals surface area (Å²) in [6.07, 6.45) is 2.90. The largest absolute Gasteiger partial charge is 0.358 e. The van der Waals surface area contributed by atoms with Gasteiger partial charge >= 0.3 is 0 Å². The summed E-state index contributed by atoms with van der Waals surface area (Å²) in [6, 6.07) is -0.315. The molecule has 3 N–H and O–H groups in total. The SMILES string of the molecule is CCCC[C@H](N)C(=O)NC. The maximum atomic E-state index is 10.8. The van der Waals surface area contributed by atoms with E-state index in [1.54, 1.807) is 7.05 Å². The van der Waals surface area contributed by atoms with Gasteiger partial charge in [-0.1, -0.05) is 19.8 Å². The van der Waals surface area contributed by atoms with Gasteiger partial charge in [-0.15, -0.1) is 0 Å². The van der Waals surface area contributed by atoms with E-state index >= 15 is 0 Å². The molecular weight excluding hydrogens is 128 g/mol. The number of likely N-dealkylation sites (N-methyl/N-ethyl adjacent to an activating group) is 1. The van der Waals surface area contributed by atoms with E-state index in [4.69, 9.17) is 5.73 Å². The van der Waals surface area contributed by atoms with Crippen LogP contribution in [0.2, 0.25) is 0 Å². The Balaban J connectivity index is 3.41. The summed E-state index contributed by atoms with van der Waals surface area (Å²) in [5.74, 6) is -0.0616. The molecule has 0 spiro atoms. The van der Waals surface area contributed by atoms with Gasteiger partial charge in [0.2, 0.25) is 5.91 Å². The van der Waals surface area contributed by atoms with Crippen molar-refractivity contribution in [2.24, 2.45) is 5.73 Å². The molecule has 0 radical (unpaired) electrons. The van der Waals surface area contributed by atoms with Crippen LogP contribution < -0.4 is 11.1 Å². The van der Waals surface area contributed by atoms with Gasteiger partial charge in [0.1, 0.15) is 0 Å². The topological polar surface area (TPSA) is 55.1 Å². The Hall–Kier alpha value is -0.570. The van der Waals surface area contributed by atoms with Crippen LogP contribution in [0.1, 0.15) is 26.2 Å². The molecule has 0 aromatic rings. The van der Waals surface area contributed by atoms with Gasteiger partial charge in [0.15, 0.2) is 0 Å². The van der Waals surface area contributed by atoms with Gasteiger partial charge in [-0.25, -0.2) is 0 Å². The average molecular weight is 144 g/mol. The molecule has 0 aliphatic carbocycles. The van der Waals surface area contributed by atoms with E-state index in [0.717, 1.165) is 19.3 Å². The Morgan fingerprint density at radius 2 is 2.30 bits per heavy atom. The number of hydrogen-bond acceptors (Lipinski definition) is 2. The fourth-order valence-corrected chi connectivity index (χ4v) is 0.741. The molecule has 0 heterocycles. The fraction of sp³-hybridized carbons (Fsp3) is 0.857. The first-order chi connectivity index (χ1) is 4.72. The van der Waals surface area contributed by atoms with E-state index in [0.29, 0.717) is 0 Å². The van der Waals surface area contributed by atoms with E-state index in [1.165, 1.54) is 0 Å². The molecule has 0 bridgehead atoms. The molecule has 0 saturated heterocycles. The smallest absolute Gasteiger partial charge is 0.236 e. The number of unbranched alkanes of at least 4 members (excludes halogenated alkanes) is 1. The summed E-state index contributed by atoms with van der Waals surface area (Å²) in [5, 5.41) is 2.51. The highest BCUT2D eigenvalue weighted by atomic mass is 16.2. The summed E-state index contributed by atoms with van der Waals surface area (Å²) in [5.41, 5.74) is 5.50. The zero-order valence-corrected chi connectivity index (χ0v) is 6.68. The van der Waals surface area contributed by atoms with Gasteiger partial charge in [-0.2, -0.15) is 0 Å². The fourth-order valence-electron chi connectivity index (χ4n) is 0.741. The molecule has 60 valence electrons. The van der Waals surface area contributed by atoms with Crippen molar-refractivity contribution in [3.63, 3.8) is 0 Å². The Morgan fingerprint density at radius 1 is 1.70 bits per heavy atom. The highest BCUT2D eigenvalue weighted by molar-refractivity contribution is 5.80. The van der Waals surface area contributed by atoms with Crippen LogP contribution in [0.5, 0.6) is 0 Å². The van der Waals surface area contributed by atoms with E-state index in [9.17, 15) is 4.79 Å². The second-order valence-electron chi connectivity index (χ2n) is 2.36. The minimum absolute atomic E-state index is 0.0616. The molecule has 0 unspecified atom stereocenters. The van der Waals surface area contributed by atoms with Gasteiger partial charge in [-0.05, 0) is 6.42 Å². The Kier molecular flexibility index (Phi) is 4.94. The lowest BCUT2D eigenvalue weighted by Crippen LogP contribution is -2.38. The average Bonchev–Trinajstić information content (AvgIpc) is 1.98. The molecule has 0 fully saturated rings. The van der Waals surface area contributed by atoms with Crippen LogP contribution >= 0.6 is 0 Å². The molecule has 0 aromatic carbocycles. The standard InChI is InChI=1S/C7H16N2O/c1-3-4-5-6(8)7(10)9-2/h6H,3-5,8H2,1-2H3,(H,9,10)/t6-/m0/s1. The van der Waals surface area contributed by atoms with E-state index < -0.39 is 0 Å². The van der Waals surface area contributed by atoms with Crippen LogP contribution in [-0.2, 0) is 4.79 Å². The third-order valence-corrected chi connectivity index (χ3v) is 1.45. The Morgan fingerprint density at radius 3 is 2.70 bits per heavy atom. The maximum Gasteiger partial charge on any atom is 0.236 e. The zero-order valence-electron chi connectivity index (χ0n) is 6.68. The van der Waals surface area contributed by atoms with Crippen molar-refractivity contribution in [2.75, 3.05) is 7.05 Å². The third kappa shape index (κ3) is 3.45. The van der Waals surface area contributed by atoms with Crippen molar-refractivity contribution < 1.29 is 4.79 Å². The first-order valence-corrected chi connectivity index (χ1v) is 3.69. The summed E-state index contributed by atoms with van der Waals surface area (Å²) in [6.45, 7) is 2.08. The van der Waals surface area contributed by atoms with Crippen LogP contribution in [0.4, 0.5) is 0 Å². The molecule has 0 aliphatic heterocycles. The highest BCUT2D eigenvalue weighted by Gasteiger charge is 2.08. The van der Waals surface area contributed by atoms with E-state index in [1.807, 2.05) is 0 Å². The second-order valence-corrected chi connectivity index (χ2v) is 2.36. The van der Waals surface area contributed by atoms with Gasteiger partial charge in [-0.3, -0.25) is 4.79 Å². The normalized spacial score (nSPS) is 12.7. The number of hydrogen-bond donors (Lipinski definition) is 2. The highest BCUT2D eigenvalue weighted by Crippen LogP contribution is 1.97. The van der Waals surface area contributed by atoms with Crippen molar-refractivity contribution in [3.8, 4) is 0 Å². The van der Waals surface area contributed by atoms with Gasteiger partial charge in [0.25, 0.3) is 0 Å². The van der Waals surface area contributed by atoms with Gasteiger partial charge in [0.05, 0.1) is 6.04 Å². The maximum absolute atomic E-state index is 10.8. The van der Waals surface area contributed by atoms with Crippen LogP contribution in [-0.4, -0.2) is 19.0 Å². The van der Waals surface area contributed by atoms with Crippen LogP contribution in [0.3, 0.4) is 0 Å². The number of carbonyl (C=O) groups is 1. The van der Waals surface area contributed by atoms with Crippen LogP contribution in [0, 0.1) is 0 Å². The Bertz CT molecular complexity index is 104. The molecular formula is C7H16N2O. The molecule has 1 atom stereocenters. The minimum Gasteiger partial charge on any atom is -0.358 e. The van der Waals surface area contributed by atoms with E-state index in [2.05, 4.69) is 12.2 Å². The molecule has 3 heteroatoms. The molecule has 0 aromatic heterocycles. The quantitative estimate of drug-likeness (QED) is 0.594. The lowest BCUT2D eigenvalue weighted by Gasteiger charge is -2.07. The van der Waals surface area contributed by atoms with Crippen molar-refractivity contribution in [1.82, 2.24) is 5.32 Å². The summed E-state index contributed by atoms with van der Waals surface area (Å²) in [7, 11) is 1.61. The van der Waals surface area contributed by atoms with Crippen molar-refractivity contribution in [1.29, 1.82) is 0 Å². The summed E-state index contributed by atoms with van der Waals surface area (Å²) >= 11 is 0. The molecule has 0 aliphatic rings. The second kappa shape index (κ2) is 5.23. The predicted molar refractivity (Wildman–Crippen MR) is 41.6 cm³/mol. The zero-order chi connectivity index (χ0) is 7.98. The number of amides is 1. The monoisotopic (exact) mass is 144 g/mol. The van der Waals surface area contributed by atoms with E-state index in [-0.39, 0.29) is 11.9 Å². The predicted octanol–water partition coefficient (Wildman–Crippen LogP) is 0.250. The number of rotatable bonds is 4. The summed E-state index contributed by atoms with van der Waals surface area (Å²) in [4.78, 5) is 10.8. The Labute approximate surface area is 62.0 Å². The lowest BCUT2D eigenvalue weighted by molar-refractivity contribution is -0.122. The van der Waals surface area contributed by atoms with Crippen LogP contribution in [0.25, 0.3) is 0 Å². The van der Waals surface area contributed by atoms with Gasteiger partial charge in [0, 0.05) is 7.05 Å². The van der Waals surface area contributed by atoms with Crippen molar-refractivity contribution >= 4 is 5.91 Å². The molecule has 1 amide bonds. The lowest BCUT2D eigenvalue weighted by atomic mass is 10.1.